The molecule has 0 aromatic carbocycles. The van der Waals surface area contributed by atoms with Crippen LogP contribution in [0.15, 0.2) is 35.1 Å². The highest BCUT2D eigenvalue weighted by Gasteiger charge is 2.41. The molecule has 1 aliphatic rings. The maximum atomic E-state index is 13.1. The van der Waals surface area contributed by atoms with Gasteiger partial charge < -0.3 is 20.3 Å². The normalized spacial score (nSPS) is 25.1. The predicted octanol–water partition coefficient (Wildman–Crippen LogP) is 5.71. The zero-order valence-electron chi connectivity index (χ0n) is 28.4. The number of likely N-dealkylation sites (N-methyl/N-ethyl adjacent to an activating group) is 1. The highest BCUT2D eigenvalue weighted by atomic mass is 28.3. The van der Waals surface area contributed by atoms with Crippen LogP contribution < -0.4 is 10.6 Å². The van der Waals surface area contributed by atoms with Crippen LogP contribution in [-0.2, 0) is 23.9 Å². The second kappa shape index (κ2) is 15.7. The highest BCUT2D eigenvalue weighted by molar-refractivity contribution is 6.88. The topological polar surface area (TPSA) is 105 Å². The second-order valence-corrected chi connectivity index (χ2v) is 19.2. The molecule has 238 valence electrons. The number of rotatable bonds is 7. The fourth-order valence-corrected chi connectivity index (χ4v) is 12.6. The third-order valence-corrected chi connectivity index (χ3v) is 15.9. The Bertz CT molecular complexity index is 1050. The molecular weight excluding hydrogens is 546 g/mol. The Morgan fingerprint density at radius 3 is 1.98 bits per heavy atom. The van der Waals surface area contributed by atoms with Crippen molar-refractivity contribution in [1.29, 1.82) is 0 Å². The van der Waals surface area contributed by atoms with Gasteiger partial charge in [0.05, 0.1) is 8.07 Å². The van der Waals surface area contributed by atoms with Gasteiger partial charge in [-0.2, -0.15) is 0 Å². The van der Waals surface area contributed by atoms with Gasteiger partial charge in [-0.15, -0.1) is 0 Å². The summed E-state index contributed by atoms with van der Waals surface area (Å²) in [5, 5.41) is 5.41. The van der Waals surface area contributed by atoms with Gasteiger partial charge in [-0.05, 0) is 48.9 Å². The van der Waals surface area contributed by atoms with E-state index in [4.69, 9.17) is 4.74 Å². The quantitative estimate of drug-likeness (QED) is 0.168. The number of hydrogen-bond donors (Lipinski definition) is 2. The van der Waals surface area contributed by atoms with Crippen molar-refractivity contribution in [1.82, 2.24) is 15.5 Å². The Morgan fingerprint density at radius 1 is 0.976 bits per heavy atom. The summed E-state index contributed by atoms with van der Waals surface area (Å²) < 4.78 is 5.98. The SMILES string of the molecule is C=C1CC(=O)N[C@@H](C)C(=O)N(C)[C@@H](C(C)C)C(=O)NCC(=O)O[C@@H](/C(C)=C/C(C)=C/[Si](C(C)C)(C(C)C)C(C)C)[C@@H]1C. The van der Waals surface area contributed by atoms with Gasteiger partial charge in [-0.1, -0.05) is 91.8 Å². The van der Waals surface area contributed by atoms with Crippen LogP contribution >= 0.6 is 0 Å². The minimum absolute atomic E-state index is 0.0203. The van der Waals surface area contributed by atoms with Crippen molar-refractivity contribution in [2.75, 3.05) is 13.6 Å². The molecule has 1 fully saturated rings. The summed E-state index contributed by atoms with van der Waals surface area (Å²) in [6.07, 6.45) is 1.38. The summed E-state index contributed by atoms with van der Waals surface area (Å²) in [7, 11) is -0.296. The third-order valence-electron chi connectivity index (χ3n) is 8.95. The molecule has 8 nitrogen and oxygen atoms in total. The van der Waals surface area contributed by atoms with Gasteiger partial charge in [-0.3, -0.25) is 19.2 Å². The van der Waals surface area contributed by atoms with Crippen LogP contribution in [-0.4, -0.2) is 68.4 Å². The van der Waals surface area contributed by atoms with Crippen LogP contribution in [0.2, 0.25) is 16.6 Å². The number of allylic oxidation sites excluding steroid dienone is 2. The van der Waals surface area contributed by atoms with Crippen LogP contribution in [0.25, 0.3) is 0 Å². The number of amides is 3. The second-order valence-electron chi connectivity index (χ2n) is 13.4. The lowest BCUT2D eigenvalue weighted by Crippen LogP contribution is -2.55. The number of carbonyl (C=O) groups excluding carboxylic acids is 4. The van der Waals surface area contributed by atoms with Crippen molar-refractivity contribution in [3.63, 3.8) is 0 Å². The van der Waals surface area contributed by atoms with E-state index in [2.05, 4.69) is 77.5 Å². The molecule has 0 spiro atoms. The number of esters is 1. The van der Waals surface area contributed by atoms with Crippen molar-refractivity contribution in [3.8, 4) is 0 Å². The lowest BCUT2D eigenvalue weighted by molar-refractivity contribution is -0.149. The molecule has 0 saturated carbocycles. The molecule has 0 radical (unpaired) electrons. The summed E-state index contributed by atoms with van der Waals surface area (Å²) in [6.45, 7) is 28.9. The van der Waals surface area contributed by atoms with Gasteiger partial charge in [0.15, 0.2) is 0 Å². The molecule has 9 heteroatoms. The van der Waals surface area contributed by atoms with Gasteiger partial charge in [0, 0.05) is 19.4 Å². The zero-order valence-corrected chi connectivity index (χ0v) is 29.4. The smallest absolute Gasteiger partial charge is 0.326 e. The summed E-state index contributed by atoms with van der Waals surface area (Å²) in [4.78, 5) is 53.5. The molecule has 2 N–H and O–H groups in total. The summed E-state index contributed by atoms with van der Waals surface area (Å²) in [6, 6.07) is -1.65. The van der Waals surface area contributed by atoms with E-state index in [-0.39, 0.29) is 30.7 Å². The standard InChI is InChI=1S/C33H57N3O5Si/c1-19(2)30-32(39)34-17-29(38)41-31(26(12)24(10)16-28(37)35-27(13)33(40)36(30)14)25(11)15-23(9)18-42(20(3)4,21(5)6)22(7)8/h15,18-22,26-27,30-31H,10,16-17H2,1-9,11-14H3,(H,34,39)(H,35,37)/b23-18+,25-15+/t26-,27+,30+,31+/m1/s1. The van der Waals surface area contributed by atoms with Crippen molar-refractivity contribution in [3.05, 3.63) is 35.1 Å². The van der Waals surface area contributed by atoms with Crippen molar-refractivity contribution in [2.45, 2.75) is 124 Å². The first kappa shape index (κ1) is 37.3. The molecule has 4 atom stereocenters. The molecule has 1 rings (SSSR count). The van der Waals surface area contributed by atoms with Crippen LogP contribution in [0.1, 0.15) is 89.5 Å². The van der Waals surface area contributed by atoms with E-state index in [1.807, 2.05) is 27.7 Å². The molecule has 42 heavy (non-hydrogen) atoms. The molecule has 0 unspecified atom stereocenters. The molecule has 0 aromatic heterocycles. The van der Waals surface area contributed by atoms with E-state index in [9.17, 15) is 19.2 Å². The van der Waals surface area contributed by atoms with Crippen LogP contribution in [0.4, 0.5) is 0 Å². The minimum Gasteiger partial charge on any atom is -0.456 e. The fourth-order valence-electron chi connectivity index (χ4n) is 6.72. The Labute approximate surface area is 255 Å². The lowest BCUT2D eigenvalue weighted by atomic mass is 9.89. The predicted molar refractivity (Wildman–Crippen MR) is 173 cm³/mol. The number of hydrogen-bond acceptors (Lipinski definition) is 5. The lowest BCUT2D eigenvalue weighted by Gasteiger charge is -2.41. The van der Waals surface area contributed by atoms with E-state index < -0.39 is 44.0 Å². The maximum Gasteiger partial charge on any atom is 0.326 e. The van der Waals surface area contributed by atoms with Crippen molar-refractivity contribution < 1.29 is 23.9 Å². The number of ether oxygens (including phenoxy) is 1. The molecule has 0 aliphatic carbocycles. The summed E-state index contributed by atoms with van der Waals surface area (Å²) in [5.41, 5.74) is 6.70. The molecule has 1 heterocycles. The Kier molecular flexibility index (Phi) is 13.9. The first-order chi connectivity index (χ1) is 19.3. The van der Waals surface area contributed by atoms with E-state index in [1.165, 1.54) is 11.9 Å². The fraction of sp³-hybridized carbons (Fsp3) is 0.697. The van der Waals surface area contributed by atoms with Crippen LogP contribution in [0.3, 0.4) is 0 Å². The van der Waals surface area contributed by atoms with E-state index >= 15 is 0 Å². The van der Waals surface area contributed by atoms with Gasteiger partial charge in [0.1, 0.15) is 24.7 Å². The molecule has 1 saturated heterocycles. The Morgan fingerprint density at radius 2 is 1.50 bits per heavy atom. The number of carbonyl (C=O) groups is 4. The molecule has 1 aliphatic heterocycles. The average Bonchev–Trinajstić information content (AvgIpc) is 2.86. The summed E-state index contributed by atoms with van der Waals surface area (Å²) in [5.74, 6) is -2.41. The minimum atomic E-state index is -1.83. The molecule has 0 aromatic rings. The van der Waals surface area contributed by atoms with E-state index in [0.29, 0.717) is 22.2 Å². The van der Waals surface area contributed by atoms with Gasteiger partial charge in [0.2, 0.25) is 17.7 Å². The number of nitrogens with one attached hydrogen (secondary N) is 2. The maximum absolute atomic E-state index is 13.1. The number of nitrogens with zero attached hydrogens (tertiary/aromatic N) is 1. The van der Waals surface area contributed by atoms with Crippen molar-refractivity contribution >= 4 is 31.8 Å². The van der Waals surface area contributed by atoms with Gasteiger partial charge in [-0.25, -0.2) is 0 Å². The Balaban J connectivity index is 3.55. The largest absolute Gasteiger partial charge is 0.456 e. The first-order valence-electron chi connectivity index (χ1n) is 15.4. The van der Waals surface area contributed by atoms with Crippen molar-refractivity contribution in [2.24, 2.45) is 11.8 Å². The average molecular weight is 604 g/mol. The first-order valence-corrected chi connectivity index (χ1v) is 17.7. The van der Waals surface area contributed by atoms with Crippen LogP contribution in [0.5, 0.6) is 0 Å². The van der Waals surface area contributed by atoms with E-state index in [1.54, 1.807) is 6.92 Å². The molecular formula is C33H57N3O5Si. The number of cyclic esters (lactones) is 1. The molecule has 0 bridgehead atoms. The third kappa shape index (κ3) is 9.16. The van der Waals surface area contributed by atoms with Gasteiger partial charge in [0.25, 0.3) is 0 Å². The molecule has 3 amide bonds. The van der Waals surface area contributed by atoms with Crippen LogP contribution in [0, 0.1) is 11.8 Å². The Hall–Kier alpha value is -2.68. The summed E-state index contributed by atoms with van der Waals surface area (Å²) >= 11 is 0. The van der Waals surface area contributed by atoms with E-state index in [0.717, 1.165) is 11.1 Å². The monoisotopic (exact) mass is 603 g/mol. The van der Waals surface area contributed by atoms with Gasteiger partial charge >= 0.3 is 5.97 Å². The zero-order chi connectivity index (χ0) is 32.7. The highest BCUT2D eigenvalue weighted by Crippen LogP contribution is 2.43.